The maximum Gasteiger partial charge on any atom is 0.338 e. The maximum absolute atomic E-state index is 12.0. The molecular weight excluding hydrogens is 368 g/mol. The summed E-state index contributed by atoms with van der Waals surface area (Å²) in [5.74, 6) is -1.77. The number of allylic oxidation sites excluding steroid dienone is 1. The van der Waals surface area contributed by atoms with Gasteiger partial charge in [0.05, 0.1) is 25.3 Å². The molecule has 0 atom stereocenters. The maximum atomic E-state index is 12.0. The summed E-state index contributed by atoms with van der Waals surface area (Å²) in [6, 6.07) is 6.64. The third-order valence-electron chi connectivity index (χ3n) is 3.89. The van der Waals surface area contributed by atoms with E-state index >= 15 is 0 Å². The second-order valence-electron chi connectivity index (χ2n) is 5.61. The fourth-order valence-electron chi connectivity index (χ4n) is 2.53. The first kappa shape index (κ1) is 20.6. The fourth-order valence-corrected chi connectivity index (χ4v) is 2.53. The third kappa shape index (κ3) is 4.73. The molecule has 3 N–H and O–H groups in total. The lowest BCUT2D eigenvalue weighted by atomic mass is 10.0. The smallest absolute Gasteiger partial charge is 0.338 e. The summed E-state index contributed by atoms with van der Waals surface area (Å²) >= 11 is 0. The van der Waals surface area contributed by atoms with Crippen LogP contribution in [0.3, 0.4) is 0 Å². The van der Waals surface area contributed by atoms with Crippen molar-refractivity contribution in [2.24, 2.45) is 0 Å². The summed E-state index contributed by atoms with van der Waals surface area (Å²) in [5.41, 5.74) is 0.527. The predicted molar refractivity (Wildman–Crippen MR) is 99.4 cm³/mol. The van der Waals surface area contributed by atoms with Crippen LogP contribution in [0.4, 0.5) is 0 Å². The van der Waals surface area contributed by atoms with Crippen molar-refractivity contribution >= 4 is 11.9 Å². The van der Waals surface area contributed by atoms with Crippen LogP contribution in [0.25, 0.3) is 0 Å². The molecule has 0 radical (unpaired) electrons. The minimum atomic E-state index is -1.14. The van der Waals surface area contributed by atoms with Gasteiger partial charge in [-0.3, -0.25) is 0 Å². The van der Waals surface area contributed by atoms with Crippen LogP contribution in [-0.4, -0.2) is 48.1 Å². The number of hydrogen-bond acceptors (Lipinski definition) is 7. The Balaban J connectivity index is 2.02. The van der Waals surface area contributed by atoms with Gasteiger partial charge in [-0.15, -0.1) is 0 Å². The first-order valence-corrected chi connectivity index (χ1v) is 8.20. The van der Waals surface area contributed by atoms with Crippen LogP contribution in [0.1, 0.15) is 26.3 Å². The third-order valence-corrected chi connectivity index (χ3v) is 3.89. The van der Waals surface area contributed by atoms with Crippen molar-refractivity contribution in [3.8, 4) is 23.0 Å². The van der Waals surface area contributed by atoms with Crippen molar-refractivity contribution in [3.05, 3.63) is 59.2 Å². The first-order valence-electron chi connectivity index (χ1n) is 8.20. The van der Waals surface area contributed by atoms with E-state index in [-0.39, 0.29) is 47.2 Å². The lowest BCUT2D eigenvalue weighted by Gasteiger charge is -2.11. The number of phenolic OH excluding ortho intramolecular Hbond substituents is 2. The second kappa shape index (κ2) is 9.31. The summed E-state index contributed by atoms with van der Waals surface area (Å²) in [6.45, 7) is -0.0500. The van der Waals surface area contributed by atoms with Gasteiger partial charge in [-0.2, -0.15) is 0 Å². The SMILES string of the molecule is COc1cc(C(=O)OC/C=C/Cc2c(C(=O)O)ccc(O)c2OC)ccc1O. The van der Waals surface area contributed by atoms with Gasteiger partial charge in [0, 0.05) is 5.56 Å². The summed E-state index contributed by atoms with van der Waals surface area (Å²) in [5, 5.41) is 28.6. The number of phenols is 2. The standard InChI is InChI=1S/C20H20O8/c1-26-17-11-12(6-8-15(17)21)20(25)28-10-4-3-5-13-14(19(23)24)7-9-16(22)18(13)27-2/h3-4,6-9,11,21-22H,5,10H2,1-2H3,(H,23,24)/b4-3+. The molecule has 0 heterocycles. The molecule has 0 saturated heterocycles. The first-order chi connectivity index (χ1) is 13.4. The van der Waals surface area contributed by atoms with Gasteiger partial charge < -0.3 is 29.5 Å². The molecule has 28 heavy (non-hydrogen) atoms. The number of carbonyl (C=O) groups excluding carboxylic acids is 1. The lowest BCUT2D eigenvalue weighted by Crippen LogP contribution is -2.06. The second-order valence-corrected chi connectivity index (χ2v) is 5.61. The molecule has 0 aromatic heterocycles. The summed E-state index contributed by atoms with van der Waals surface area (Å²) in [6.07, 6.45) is 3.31. The Hall–Kier alpha value is -3.68. The van der Waals surface area contributed by atoms with Crippen molar-refractivity contribution in [2.45, 2.75) is 6.42 Å². The molecular formula is C20H20O8. The number of ether oxygens (including phenoxy) is 3. The van der Waals surface area contributed by atoms with E-state index in [9.17, 15) is 24.9 Å². The molecule has 2 rings (SSSR count). The Bertz CT molecular complexity index is 901. The van der Waals surface area contributed by atoms with Crippen LogP contribution >= 0.6 is 0 Å². The predicted octanol–water partition coefficient (Wildman–Crippen LogP) is 2.77. The Kier molecular flexibility index (Phi) is 6.86. The average molecular weight is 388 g/mol. The molecule has 0 fully saturated rings. The number of carboxylic acids is 1. The Labute approximate surface area is 161 Å². The number of carbonyl (C=O) groups is 2. The Morgan fingerprint density at radius 3 is 2.36 bits per heavy atom. The molecule has 2 aromatic carbocycles. The lowest BCUT2D eigenvalue weighted by molar-refractivity contribution is 0.0548. The topological polar surface area (TPSA) is 123 Å². The van der Waals surface area contributed by atoms with Gasteiger partial charge in [-0.25, -0.2) is 9.59 Å². The Morgan fingerprint density at radius 2 is 1.71 bits per heavy atom. The highest BCUT2D eigenvalue weighted by molar-refractivity contribution is 5.91. The number of aromatic carboxylic acids is 1. The van der Waals surface area contributed by atoms with Gasteiger partial charge >= 0.3 is 11.9 Å². The monoisotopic (exact) mass is 388 g/mol. The van der Waals surface area contributed by atoms with E-state index in [0.29, 0.717) is 5.56 Å². The summed E-state index contributed by atoms with van der Waals surface area (Å²) in [4.78, 5) is 23.4. The van der Waals surface area contributed by atoms with Crippen LogP contribution in [0.5, 0.6) is 23.0 Å². The molecule has 0 saturated carbocycles. The molecule has 2 aromatic rings. The molecule has 0 aliphatic heterocycles. The number of benzene rings is 2. The van der Waals surface area contributed by atoms with E-state index in [0.717, 1.165) is 0 Å². The van der Waals surface area contributed by atoms with Gasteiger partial charge in [-0.05, 0) is 36.8 Å². The number of rotatable bonds is 8. The van der Waals surface area contributed by atoms with Crippen molar-refractivity contribution in [3.63, 3.8) is 0 Å². The summed E-state index contributed by atoms with van der Waals surface area (Å²) < 4.78 is 15.1. The van der Waals surface area contributed by atoms with E-state index in [2.05, 4.69) is 0 Å². The van der Waals surface area contributed by atoms with Gasteiger partial charge in [0.25, 0.3) is 0 Å². The van der Waals surface area contributed by atoms with E-state index in [1.165, 1.54) is 44.6 Å². The number of esters is 1. The molecule has 0 bridgehead atoms. The largest absolute Gasteiger partial charge is 0.504 e. The van der Waals surface area contributed by atoms with Crippen molar-refractivity contribution < 1.29 is 39.1 Å². The number of hydrogen-bond donors (Lipinski definition) is 3. The number of carboxylic acid groups (broad SMARTS) is 1. The molecule has 0 spiro atoms. The highest BCUT2D eigenvalue weighted by Gasteiger charge is 2.17. The quantitative estimate of drug-likeness (QED) is 0.466. The zero-order valence-electron chi connectivity index (χ0n) is 15.3. The highest BCUT2D eigenvalue weighted by Crippen LogP contribution is 2.33. The van der Waals surface area contributed by atoms with E-state index < -0.39 is 11.9 Å². The molecule has 8 nitrogen and oxygen atoms in total. The van der Waals surface area contributed by atoms with E-state index in [1.807, 2.05) is 0 Å². The molecule has 148 valence electrons. The summed E-state index contributed by atoms with van der Waals surface area (Å²) in [7, 11) is 2.70. The minimum absolute atomic E-state index is 0.00693. The molecule has 0 amide bonds. The molecule has 8 heteroatoms. The number of aromatic hydroxyl groups is 2. The number of methoxy groups -OCH3 is 2. The van der Waals surface area contributed by atoms with Crippen LogP contribution in [0.2, 0.25) is 0 Å². The minimum Gasteiger partial charge on any atom is -0.504 e. The molecule has 0 aliphatic carbocycles. The van der Waals surface area contributed by atoms with Crippen molar-refractivity contribution in [1.29, 1.82) is 0 Å². The average Bonchev–Trinajstić information content (AvgIpc) is 2.67. The van der Waals surface area contributed by atoms with Gasteiger partial charge in [0.15, 0.2) is 23.0 Å². The van der Waals surface area contributed by atoms with Crippen LogP contribution in [0, 0.1) is 0 Å². The molecule has 0 aliphatic rings. The fraction of sp³-hybridized carbons (Fsp3) is 0.200. The van der Waals surface area contributed by atoms with Crippen molar-refractivity contribution in [2.75, 3.05) is 20.8 Å². The zero-order valence-corrected chi connectivity index (χ0v) is 15.3. The highest BCUT2D eigenvalue weighted by atomic mass is 16.5. The normalized spacial score (nSPS) is 10.6. The van der Waals surface area contributed by atoms with Gasteiger partial charge in [0.2, 0.25) is 0 Å². The van der Waals surface area contributed by atoms with Gasteiger partial charge in [-0.1, -0.05) is 12.2 Å². The van der Waals surface area contributed by atoms with Crippen molar-refractivity contribution in [1.82, 2.24) is 0 Å². The van der Waals surface area contributed by atoms with Crippen LogP contribution in [-0.2, 0) is 11.2 Å². The molecule has 0 unspecified atom stereocenters. The van der Waals surface area contributed by atoms with Crippen LogP contribution < -0.4 is 9.47 Å². The van der Waals surface area contributed by atoms with E-state index in [1.54, 1.807) is 12.2 Å². The Morgan fingerprint density at radius 1 is 1.00 bits per heavy atom. The zero-order chi connectivity index (χ0) is 20.7. The van der Waals surface area contributed by atoms with Gasteiger partial charge in [0.1, 0.15) is 6.61 Å². The van der Waals surface area contributed by atoms with E-state index in [4.69, 9.17) is 14.2 Å². The van der Waals surface area contributed by atoms with Crippen LogP contribution in [0.15, 0.2) is 42.5 Å².